The fourth-order valence-corrected chi connectivity index (χ4v) is 3.50. The van der Waals surface area contributed by atoms with Crippen molar-refractivity contribution in [1.29, 1.82) is 5.26 Å². The van der Waals surface area contributed by atoms with E-state index >= 15 is 0 Å². The van der Waals surface area contributed by atoms with Crippen LogP contribution in [-0.4, -0.2) is 40.6 Å². The summed E-state index contributed by atoms with van der Waals surface area (Å²) in [4.78, 5) is 18.9. The summed E-state index contributed by atoms with van der Waals surface area (Å²) in [5.41, 5.74) is 3.89. The number of carbonyl (C=O) groups is 1. The fraction of sp³-hybridized carbons (Fsp3) is 0.250. The number of rotatable bonds is 7. The number of nitrogens with zero attached hydrogens (tertiary/aromatic N) is 4. The first-order valence-electron chi connectivity index (χ1n) is 10.3. The van der Waals surface area contributed by atoms with E-state index in [1.807, 2.05) is 6.07 Å². The maximum atomic E-state index is 12.3. The molecule has 0 spiro atoms. The predicted molar refractivity (Wildman–Crippen MR) is 116 cm³/mol. The minimum absolute atomic E-state index is 0.00557. The molecule has 0 unspecified atom stereocenters. The lowest BCUT2D eigenvalue weighted by atomic mass is 10.0. The Bertz CT molecular complexity index is 1100. The van der Waals surface area contributed by atoms with Gasteiger partial charge in [-0.25, -0.2) is 0 Å². The van der Waals surface area contributed by atoms with Crippen molar-refractivity contribution in [1.82, 2.24) is 20.4 Å². The van der Waals surface area contributed by atoms with Gasteiger partial charge in [0.05, 0.1) is 11.6 Å². The van der Waals surface area contributed by atoms with Gasteiger partial charge in [-0.1, -0.05) is 47.1 Å². The van der Waals surface area contributed by atoms with Crippen LogP contribution >= 0.6 is 0 Å². The summed E-state index contributed by atoms with van der Waals surface area (Å²) >= 11 is 0. The van der Waals surface area contributed by atoms with Gasteiger partial charge in [-0.05, 0) is 42.7 Å². The van der Waals surface area contributed by atoms with Gasteiger partial charge in [-0.2, -0.15) is 10.2 Å². The maximum absolute atomic E-state index is 12.3. The topological polar surface area (TPSA) is 95.0 Å². The molecule has 4 rings (SSSR count). The predicted octanol–water partition coefficient (Wildman–Crippen LogP) is 3.56. The van der Waals surface area contributed by atoms with Gasteiger partial charge >= 0.3 is 0 Å². The minimum Gasteiger partial charge on any atom is -0.349 e. The molecule has 0 atom stereocenters. The second-order valence-corrected chi connectivity index (χ2v) is 7.45. The molecular weight excluding hydrogens is 390 g/mol. The van der Waals surface area contributed by atoms with Crippen LogP contribution in [0.4, 0.5) is 0 Å². The molecule has 1 aliphatic rings. The van der Waals surface area contributed by atoms with Crippen molar-refractivity contribution in [3.8, 4) is 17.5 Å². The summed E-state index contributed by atoms with van der Waals surface area (Å²) in [6, 6.07) is 19.3. The number of aromatic nitrogens is 2. The average molecular weight is 413 g/mol. The lowest BCUT2D eigenvalue weighted by Crippen LogP contribution is -2.30. The van der Waals surface area contributed by atoms with Crippen molar-refractivity contribution in [2.45, 2.75) is 19.4 Å². The van der Waals surface area contributed by atoms with E-state index in [4.69, 9.17) is 9.78 Å². The van der Waals surface area contributed by atoms with Gasteiger partial charge in [-0.3, -0.25) is 9.69 Å². The molecule has 0 aliphatic carbocycles. The van der Waals surface area contributed by atoms with Crippen LogP contribution in [-0.2, 0) is 6.54 Å². The number of nitriles is 1. The third-order valence-electron chi connectivity index (χ3n) is 5.26. The van der Waals surface area contributed by atoms with Gasteiger partial charge in [0.15, 0.2) is 0 Å². The lowest BCUT2D eigenvalue weighted by molar-refractivity contribution is 0.0940. The number of amides is 1. The van der Waals surface area contributed by atoms with E-state index in [1.165, 1.54) is 11.1 Å². The third-order valence-corrected chi connectivity index (χ3v) is 5.26. The molecule has 0 fully saturated rings. The fourth-order valence-electron chi connectivity index (χ4n) is 3.50. The third kappa shape index (κ3) is 5.44. The number of nitrogens with one attached hydrogen (secondary N) is 1. The van der Waals surface area contributed by atoms with Gasteiger partial charge in [0.1, 0.15) is 0 Å². The van der Waals surface area contributed by atoms with Crippen LogP contribution in [0.15, 0.2) is 70.8 Å². The van der Waals surface area contributed by atoms with E-state index in [1.54, 1.807) is 24.3 Å². The smallest absolute Gasteiger partial charge is 0.292 e. The Morgan fingerprint density at radius 1 is 1.16 bits per heavy atom. The Hall–Kier alpha value is -3.76. The molecule has 0 bridgehead atoms. The molecule has 156 valence electrons. The molecule has 31 heavy (non-hydrogen) atoms. The molecule has 1 aromatic heterocycles. The van der Waals surface area contributed by atoms with Crippen molar-refractivity contribution in [2.24, 2.45) is 0 Å². The van der Waals surface area contributed by atoms with E-state index < -0.39 is 0 Å². The summed E-state index contributed by atoms with van der Waals surface area (Å²) in [6.07, 6.45) is 4.08. The Morgan fingerprint density at radius 3 is 2.68 bits per heavy atom. The van der Waals surface area contributed by atoms with Gasteiger partial charge in [0, 0.05) is 31.7 Å². The molecule has 1 amide bonds. The summed E-state index contributed by atoms with van der Waals surface area (Å²) in [5.74, 6) is -0.0973. The summed E-state index contributed by atoms with van der Waals surface area (Å²) in [7, 11) is 0. The first-order chi connectivity index (χ1) is 15.2. The molecule has 0 saturated heterocycles. The quantitative estimate of drug-likeness (QED) is 0.595. The zero-order chi connectivity index (χ0) is 21.5. The Labute approximate surface area is 181 Å². The number of hydrogen-bond donors (Lipinski definition) is 1. The molecule has 3 aromatic rings. The Morgan fingerprint density at radius 2 is 1.97 bits per heavy atom. The molecule has 0 saturated carbocycles. The van der Waals surface area contributed by atoms with Crippen LogP contribution in [0.5, 0.6) is 0 Å². The highest BCUT2D eigenvalue weighted by atomic mass is 16.5. The van der Waals surface area contributed by atoms with Crippen LogP contribution in [0.1, 0.15) is 34.6 Å². The van der Waals surface area contributed by atoms with Crippen LogP contribution in [0.3, 0.4) is 0 Å². The van der Waals surface area contributed by atoms with Crippen molar-refractivity contribution >= 4 is 5.91 Å². The number of carbonyl (C=O) groups excluding carboxylic acids is 1. The van der Waals surface area contributed by atoms with E-state index in [9.17, 15) is 4.79 Å². The van der Waals surface area contributed by atoms with Gasteiger partial charge in [0.2, 0.25) is 0 Å². The second-order valence-electron chi connectivity index (χ2n) is 7.45. The highest BCUT2D eigenvalue weighted by molar-refractivity contribution is 5.90. The molecule has 7 nitrogen and oxygen atoms in total. The molecule has 1 N–H and O–H groups in total. The zero-order valence-corrected chi connectivity index (χ0v) is 17.1. The SMILES string of the molecule is N#Cc1ccc(-c2nc(C(=O)NCCC3=CCN(Cc4ccccc4)CC3)no2)cc1. The number of benzene rings is 2. The first-order valence-corrected chi connectivity index (χ1v) is 10.3. The Kier molecular flexibility index (Phi) is 6.50. The Balaban J connectivity index is 1.23. The molecule has 1 aliphatic heterocycles. The number of hydrogen-bond acceptors (Lipinski definition) is 6. The van der Waals surface area contributed by atoms with Crippen LogP contribution < -0.4 is 5.32 Å². The van der Waals surface area contributed by atoms with Gasteiger partial charge < -0.3 is 9.84 Å². The average Bonchev–Trinajstić information content (AvgIpc) is 3.31. The monoisotopic (exact) mass is 413 g/mol. The van der Waals surface area contributed by atoms with Crippen LogP contribution in [0.2, 0.25) is 0 Å². The molecule has 2 aromatic carbocycles. The maximum Gasteiger partial charge on any atom is 0.292 e. The second kappa shape index (κ2) is 9.83. The van der Waals surface area contributed by atoms with Gasteiger partial charge in [0.25, 0.3) is 17.6 Å². The first kappa shape index (κ1) is 20.5. The molecule has 7 heteroatoms. The summed E-state index contributed by atoms with van der Waals surface area (Å²) in [5, 5.41) is 15.5. The van der Waals surface area contributed by atoms with Crippen molar-refractivity contribution in [2.75, 3.05) is 19.6 Å². The van der Waals surface area contributed by atoms with Crippen molar-refractivity contribution in [3.05, 3.63) is 83.2 Å². The van der Waals surface area contributed by atoms with Gasteiger partial charge in [-0.15, -0.1) is 0 Å². The van der Waals surface area contributed by atoms with Crippen LogP contribution in [0, 0.1) is 11.3 Å². The highest BCUT2D eigenvalue weighted by Crippen LogP contribution is 2.18. The lowest BCUT2D eigenvalue weighted by Gasteiger charge is -2.26. The van der Waals surface area contributed by atoms with Crippen molar-refractivity contribution in [3.63, 3.8) is 0 Å². The minimum atomic E-state index is -0.356. The van der Waals surface area contributed by atoms with Crippen molar-refractivity contribution < 1.29 is 9.32 Å². The summed E-state index contributed by atoms with van der Waals surface area (Å²) in [6.45, 7) is 3.44. The van der Waals surface area contributed by atoms with E-state index in [0.29, 0.717) is 17.7 Å². The standard InChI is InChI=1S/C24H23N5O2/c25-16-19-6-8-21(9-7-19)24-27-22(28-31-24)23(30)26-13-10-18-11-14-29(15-12-18)17-20-4-2-1-3-5-20/h1-9,11H,10,12-15,17H2,(H,26,30). The zero-order valence-electron chi connectivity index (χ0n) is 17.1. The van der Waals surface area contributed by atoms with E-state index in [-0.39, 0.29) is 17.6 Å². The normalized spacial score (nSPS) is 14.0. The van der Waals surface area contributed by atoms with E-state index in [0.717, 1.165) is 32.5 Å². The van der Waals surface area contributed by atoms with Crippen LogP contribution in [0.25, 0.3) is 11.5 Å². The molecular formula is C24H23N5O2. The largest absolute Gasteiger partial charge is 0.349 e. The summed E-state index contributed by atoms with van der Waals surface area (Å²) < 4.78 is 5.18. The highest BCUT2D eigenvalue weighted by Gasteiger charge is 2.16. The van der Waals surface area contributed by atoms with E-state index in [2.05, 4.69) is 56.8 Å². The molecule has 0 radical (unpaired) electrons. The molecule has 2 heterocycles.